The van der Waals surface area contributed by atoms with Crippen LogP contribution < -0.4 is 0 Å². The normalized spacial score (nSPS) is 19.6. The number of nitrogens with zero attached hydrogens (tertiary/aromatic N) is 3. The molecule has 1 aromatic heterocycles. The van der Waals surface area contributed by atoms with Crippen molar-refractivity contribution in [3.8, 4) is 0 Å². The standard InChI is InChI=1S/C10H17N3O3S/c1-12-10(2-5-11-12)17(15,16)13-6-3-9(8-14)4-7-13/h2,5,9,14H,3-4,6-8H2,1H3. The molecule has 1 aliphatic rings. The highest BCUT2D eigenvalue weighted by atomic mass is 32.2. The molecule has 1 N–H and O–H groups in total. The summed E-state index contributed by atoms with van der Waals surface area (Å²) in [5.41, 5.74) is 0. The number of aliphatic hydroxyl groups excluding tert-OH is 1. The number of piperidine rings is 1. The minimum absolute atomic E-state index is 0.138. The van der Waals surface area contributed by atoms with Crippen LogP contribution in [0.2, 0.25) is 0 Å². The summed E-state index contributed by atoms with van der Waals surface area (Å²) in [4.78, 5) is 0. The zero-order chi connectivity index (χ0) is 12.5. The van der Waals surface area contributed by atoms with Crippen molar-refractivity contribution in [2.75, 3.05) is 19.7 Å². The largest absolute Gasteiger partial charge is 0.396 e. The smallest absolute Gasteiger partial charge is 0.260 e. The Hall–Kier alpha value is -0.920. The first-order chi connectivity index (χ1) is 8.05. The topological polar surface area (TPSA) is 75.4 Å². The Kier molecular flexibility index (Phi) is 3.50. The molecule has 0 bridgehead atoms. The number of aliphatic hydroxyl groups is 1. The summed E-state index contributed by atoms with van der Waals surface area (Å²) in [7, 11) is -1.81. The molecule has 1 saturated heterocycles. The van der Waals surface area contributed by atoms with E-state index in [-0.39, 0.29) is 17.6 Å². The number of hydrogen-bond acceptors (Lipinski definition) is 4. The average Bonchev–Trinajstić information content (AvgIpc) is 2.76. The van der Waals surface area contributed by atoms with Gasteiger partial charge >= 0.3 is 0 Å². The van der Waals surface area contributed by atoms with Gasteiger partial charge < -0.3 is 5.11 Å². The van der Waals surface area contributed by atoms with Crippen molar-refractivity contribution in [1.29, 1.82) is 0 Å². The highest BCUT2D eigenvalue weighted by Gasteiger charge is 2.30. The molecule has 1 aromatic rings. The van der Waals surface area contributed by atoms with Crippen LogP contribution in [0, 0.1) is 5.92 Å². The van der Waals surface area contributed by atoms with E-state index in [9.17, 15) is 8.42 Å². The van der Waals surface area contributed by atoms with E-state index < -0.39 is 10.0 Å². The highest BCUT2D eigenvalue weighted by molar-refractivity contribution is 7.89. The van der Waals surface area contributed by atoms with Gasteiger partial charge in [0.2, 0.25) is 0 Å². The molecule has 0 atom stereocenters. The Labute approximate surface area is 101 Å². The van der Waals surface area contributed by atoms with E-state index in [2.05, 4.69) is 5.10 Å². The van der Waals surface area contributed by atoms with Gasteiger partial charge in [0.1, 0.15) is 0 Å². The van der Waals surface area contributed by atoms with Crippen LogP contribution in [0.1, 0.15) is 12.8 Å². The minimum atomic E-state index is -3.43. The molecule has 0 aliphatic carbocycles. The van der Waals surface area contributed by atoms with Gasteiger partial charge in [0.05, 0.1) is 6.20 Å². The molecule has 17 heavy (non-hydrogen) atoms. The van der Waals surface area contributed by atoms with Gasteiger partial charge in [0, 0.05) is 26.7 Å². The van der Waals surface area contributed by atoms with Crippen molar-refractivity contribution >= 4 is 10.0 Å². The van der Waals surface area contributed by atoms with Crippen molar-refractivity contribution in [2.24, 2.45) is 13.0 Å². The molecule has 96 valence electrons. The fourth-order valence-electron chi connectivity index (χ4n) is 2.08. The molecule has 2 rings (SSSR count). The molecule has 0 saturated carbocycles. The van der Waals surface area contributed by atoms with Gasteiger partial charge in [-0.05, 0) is 24.8 Å². The second-order valence-electron chi connectivity index (χ2n) is 4.32. The van der Waals surface area contributed by atoms with Crippen molar-refractivity contribution < 1.29 is 13.5 Å². The predicted molar refractivity (Wildman–Crippen MR) is 61.8 cm³/mol. The molecule has 2 heterocycles. The molecule has 6 nitrogen and oxygen atoms in total. The molecule has 0 spiro atoms. The maximum absolute atomic E-state index is 12.3. The molecule has 0 amide bonds. The van der Waals surface area contributed by atoms with Crippen LogP contribution in [0.5, 0.6) is 0 Å². The lowest BCUT2D eigenvalue weighted by Crippen LogP contribution is -2.39. The van der Waals surface area contributed by atoms with Gasteiger partial charge in [-0.3, -0.25) is 4.68 Å². The lowest BCUT2D eigenvalue weighted by molar-refractivity contribution is 0.170. The quantitative estimate of drug-likeness (QED) is 0.816. The second kappa shape index (κ2) is 4.75. The third-order valence-corrected chi connectivity index (χ3v) is 5.19. The summed E-state index contributed by atoms with van der Waals surface area (Å²) in [6.07, 6.45) is 2.91. The molecular weight excluding hydrogens is 242 g/mol. The van der Waals surface area contributed by atoms with E-state index in [0.29, 0.717) is 25.9 Å². The molecule has 1 aliphatic heterocycles. The van der Waals surface area contributed by atoms with Crippen LogP contribution in [0.15, 0.2) is 17.3 Å². The molecule has 7 heteroatoms. The summed E-state index contributed by atoms with van der Waals surface area (Å²) in [6.45, 7) is 1.08. The van der Waals surface area contributed by atoms with Crippen LogP contribution in [-0.4, -0.2) is 47.3 Å². The molecular formula is C10H17N3O3S. The first kappa shape index (κ1) is 12.5. The monoisotopic (exact) mass is 259 g/mol. The van der Waals surface area contributed by atoms with Crippen LogP contribution in [-0.2, 0) is 17.1 Å². The fraction of sp³-hybridized carbons (Fsp3) is 0.700. The molecule has 0 radical (unpaired) electrons. The maximum atomic E-state index is 12.3. The zero-order valence-corrected chi connectivity index (χ0v) is 10.6. The van der Waals surface area contributed by atoms with Gasteiger partial charge in [-0.25, -0.2) is 8.42 Å². The average molecular weight is 259 g/mol. The first-order valence-electron chi connectivity index (χ1n) is 5.64. The molecule has 0 aromatic carbocycles. The maximum Gasteiger partial charge on any atom is 0.260 e. The first-order valence-corrected chi connectivity index (χ1v) is 7.08. The number of aryl methyl sites for hydroxylation is 1. The summed E-state index contributed by atoms with van der Waals surface area (Å²) >= 11 is 0. The fourth-order valence-corrected chi connectivity index (χ4v) is 3.65. The van der Waals surface area contributed by atoms with Gasteiger partial charge in [0.25, 0.3) is 10.0 Å². The Morgan fingerprint density at radius 1 is 1.47 bits per heavy atom. The van der Waals surface area contributed by atoms with Gasteiger partial charge in [-0.15, -0.1) is 0 Å². The van der Waals surface area contributed by atoms with Gasteiger partial charge in [-0.1, -0.05) is 0 Å². The Bertz CT molecular complexity index is 475. The van der Waals surface area contributed by atoms with Crippen molar-refractivity contribution in [2.45, 2.75) is 17.9 Å². The van der Waals surface area contributed by atoms with E-state index in [1.54, 1.807) is 7.05 Å². The third-order valence-electron chi connectivity index (χ3n) is 3.21. The molecule has 1 fully saturated rings. The summed E-state index contributed by atoms with van der Waals surface area (Å²) in [5, 5.41) is 13.1. The van der Waals surface area contributed by atoms with Crippen molar-refractivity contribution in [3.05, 3.63) is 12.3 Å². The van der Waals surface area contributed by atoms with Crippen LogP contribution in [0.3, 0.4) is 0 Å². The van der Waals surface area contributed by atoms with E-state index >= 15 is 0 Å². The number of aromatic nitrogens is 2. The van der Waals surface area contributed by atoms with Crippen LogP contribution >= 0.6 is 0 Å². The summed E-state index contributed by atoms with van der Waals surface area (Å²) in [6, 6.07) is 1.51. The SMILES string of the molecule is Cn1nccc1S(=O)(=O)N1CCC(CO)CC1. The lowest BCUT2D eigenvalue weighted by Gasteiger charge is -2.30. The van der Waals surface area contributed by atoms with E-state index in [0.717, 1.165) is 0 Å². The summed E-state index contributed by atoms with van der Waals surface area (Å²) < 4.78 is 27.4. The van der Waals surface area contributed by atoms with E-state index in [4.69, 9.17) is 5.11 Å². The second-order valence-corrected chi connectivity index (χ2v) is 6.21. The van der Waals surface area contributed by atoms with Crippen molar-refractivity contribution in [1.82, 2.24) is 14.1 Å². The Morgan fingerprint density at radius 2 is 2.12 bits per heavy atom. The predicted octanol–water partition coefficient (Wildman–Crippen LogP) is -0.187. The van der Waals surface area contributed by atoms with Crippen LogP contribution in [0.4, 0.5) is 0 Å². The molecule has 0 unspecified atom stereocenters. The number of hydrogen-bond donors (Lipinski definition) is 1. The Morgan fingerprint density at radius 3 is 2.59 bits per heavy atom. The van der Waals surface area contributed by atoms with E-state index in [1.807, 2.05) is 0 Å². The minimum Gasteiger partial charge on any atom is -0.396 e. The number of sulfonamides is 1. The summed E-state index contributed by atoms with van der Waals surface area (Å²) in [5.74, 6) is 0.230. The van der Waals surface area contributed by atoms with Crippen molar-refractivity contribution in [3.63, 3.8) is 0 Å². The lowest BCUT2D eigenvalue weighted by atomic mass is 10.00. The zero-order valence-electron chi connectivity index (χ0n) is 9.78. The third kappa shape index (κ3) is 2.36. The Balaban J connectivity index is 2.16. The number of rotatable bonds is 3. The van der Waals surface area contributed by atoms with Gasteiger partial charge in [-0.2, -0.15) is 9.40 Å². The van der Waals surface area contributed by atoms with Crippen LogP contribution in [0.25, 0.3) is 0 Å². The highest BCUT2D eigenvalue weighted by Crippen LogP contribution is 2.22. The van der Waals surface area contributed by atoms with Gasteiger partial charge in [0.15, 0.2) is 5.03 Å². The van der Waals surface area contributed by atoms with E-state index in [1.165, 1.54) is 21.3 Å².